The van der Waals surface area contributed by atoms with Crippen LogP contribution in [-0.2, 0) is 4.74 Å². The second kappa shape index (κ2) is 7.43. The third kappa shape index (κ3) is 4.07. The quantitative estimate of drug-likeness (QED) is 0.355. The summed E-state index contributed by atoms with van der Waals surface area (Å²) < 4.78 is 4.92. The van der Waals surface area contributed by atoms with E-state index in [9.17, 15) is 4.79 Å². The Morgan fingerprint density at radius 1 is 1.40 bits per heavy atom. The number of nitrogens with one attached hydrogen (secondary N) is 1. The van der Waals surface area contributed by atoms with E-state index < -0.39 is 37.1 Å². The number of carbonyl (C=O) groups excluding carboxylic acids is 1. The number of aliphatic hydroxyl groups excluding tert-OH is 4. The summed E-state index contributed by atoms with van der Waals surface area (Å²) >= 11 is 4.77. The molecule has 1 saturated heterocycles. The molecule has 2 heterocycles. The predicted molar refractivity (Wildman–Crippen MR) is 70.1 cm³/mol. The Hall–Kier alpha value is -1.36. The zero-order chi connectivity index (χ0) is 15.3. The van der Waals surface area contributed by atoms with E-state index in [4.69, 9.17) is 38.4 Å². The fraction of sp³-hybridized carbons (Fsp3) is 0.455. The molecule has 0 aliphatic carbocycles. The molecule has 112 valence electrons. The Balaban J connectivity index is 0.000000200. The van der Waals surface area contributed by atoms with Gasteiger partial charge in [-0.1, -0.05) is 12.2 Å². The molecule has 20 heavy (non-hydrogen) atoms. The molecule has 0 aromatic carbocycles. The summed E-state index contributed by atoms with van der Waals surface area (Å²) in [4.78, 5) is 13.3. The Morgan fingerprint density at radius 3 is 2.35 bits per heavy atom. The summed E-state index contributed by atoms with van der Waals surface area (Å²) in [6.07, 6.45) is -3.11. The van der Waals surface area contributed by atoms with Crippen LogP contribution in [0.2, 0.25) is 0 Å². The molecule has 1 aliphatic rings. The highest BCUT2D eigenvalue weighted by molar-refractivity contribution is 7.71. The summed E-state index contributed by atoms with van der Waals surface area (Å²) in [6, 6.07) is 3.26. The Morgan fingerprint density at radius 2 is 2.05 bits per heavy atom. The highest BCUT2D eigenvalue weighted by atomic mass is 32.1. The Bertz CT molecular complexity index is 508. The lowest BCUT2D eigenvalue weighted by Gasteiger charge is -2.09. The van der Waals surface area contributed by atoms with Gasteiger partial charge in [-0.15, -0.1) is 0 Å². The predicted octanol–water partition coefficient (Wildman–Crippen LogP) is -1.74. The molecule has 1 amide bonds. The molecule has 0 saturated carbocycles. The molecule has 0 spiro atoms. The van der Waals surface area contributed by atoms with Crippen molar-refractivity contribution >= 4 is 18.1 Å². The molecule has 0 bridgehead atoms. The normalized spacial score (nSPS) is 28.6. The van der Waals surface area contributed by atoms with Crippen molar-refractivity contribution in [1.82, 2.24) is 4.98 Å². The van der Waals surface area contributed by atoms with Gasteiger partial charge in [0, 0.05) is 6.20 Å². The fourth-order valence-corrected chi connectivity index (χ4v) is 1.73. The first-order valence-corrected chi connectivity index (χ1v) is 6.07. The average molecular weight is 304 g/mol. The van der Waals surface area contributed by atoms with Crippen molar-refractivity contribution in [3.63, 3.8) is 0 Å². The van der Waals surface area contributed by atoms with Gasteiger partial charge in [0.05, 0.1) is 12.2 Å². The van der Waals surface area contributed by atoms with Gasteiger partial charge in [0.1, 0.15) is 23.0 Å². The molecule has 0 radical (unpaired) electrons. The zero-order valence-corrected chi connectivity index (χ0v) is 11.2. The molecule has 1 fully saturated rings. The lowest BCUT2D eigenvalue weighted by Crippen LogP contribution is -2.33. The van der Waals surface area contributed by atoms with Gasteiger partial charge in [-0.3, -0.25) is 4.79 Å². The summed E-state index contributed by atoms with van der Waals surface area (Å²) in [5.74, 6) is -0.498. The van der Waals surface area contributed by atoms with Gasteiger partial charge in [0.15, 0.2) is 6.29 Å². The average Bonchev–Trinajstić information content (AvgIpc) is 2.67. The highest BCUT2D eigenvalue weighted by Crippen LogP contribution is 2.18. The number of aromatic nitrogens is 1. The number of hydrogen-bond donors (Lipinski definition) is 6. The Kier molecular flexibility index (Phi) is 6.20. The molecule has 1 aliphatic heterocycles. The van der Waals surface area contributed by atoms with Crippen molar-refractivity contribution in [2.75, 3.05) is 6.61 Å². The summed E-state index contributed by atoms with van der Waals surface area (Å²) in [5, 5.41) is 35.0. The van der Waals surface area contributed by atoms with Gasteiger partial charge >= 0.3 is 0 Å². The van der Waals surface area contributed by atoms with Crippen LogP contribution in [-0.4, -0.2) is 62.5 Å². The van der Waals surface area contributed by atoms with Crippen LogP contribution in [0.4, 0.5) is 0 Å². The second-order valence-corrected chi connectivity index (χ2v) is 4.41. The Labute approximate surface area is 119 Å². The van der Waals surface area contributed by atoms with E-state index in [-0.39, 0.29) is 0 Å². The van der Waals surface area contributed by atoms with Crippen LogP contribution in [0.3, 0.4) is 0 Å². The SMILES string of the molecule is NC(=O)c1ccc[nH]c1=S.OC[C@H]1OC(O)[C@H](O)[C@@H]1O. The smallest absolute Gasteiger partial charge is 0.251 e. The number of hydrogen-bond acceptors (Lipinski definition) is 7. The number of rotatable bonds is 2. The minimum atomic E-state index is -1.38. The maximum Gasteiger partial charge on any atom is 0.251 e. The molecule has 9 heteroatoms. The largest absolute Gasteiger partial charge is 0.394 e. The molecule has 1 aromatic rings. The van der Waals surface area contributed by atoms with Crippen LogP contribution in [0.25, 0.3) is 0 Å². The first kappa shape index (κ1) is 16.7. The number of nitrogens with two attached hydrogens (primary N) is 1. The minimum Gasteiger partial charge on any atom is -0.394 e. The first-order chi connectivity index (χ1) is 9.38. The topological polar surface area (TPSA) is 149 Å². The first-order valence-electron chi connectivity index (χ1n) is 5.66. The van der Waals surface area contributed by atoms with Gasteiger partial charge < -0.3 is 35.9 Å². The molecular formula is C11H16N2O6S. The number of ether oxygens (including phenoxy) is 1. The standard InChI is InChI=1S/C6H6N2OS.C5H10O5/c7-5(9)4-2-1-3-8-6(4)10;6-1-2-3(7)4(8)5(9)10-2/h1-3H,(H2,7,9)(H,8,10);2-9H,1H2/t;2-,3-,4-,5?/m.1/s1. The summed E-state index contributed by atoms with van der Waals surface area (Å²) in [7, 11) is 0. The van der Waals surface area contributed by atoms with E-state index >= 15 is 0 Å². The highest BCUT2D eigenvalue weighted by Gasteiger charge is 2.41. The van der Waals surface area contributed by atoms with Gasteiger partial charge in [-0.25, -0.2) is 0 Å². The number of carbonyl (C=O) groups is 1. The number of aliphatic hydroxyl groups is 4. The third-order valence-electron chi connectivity index (χ3n) is 2.60. The van der Waals surface area contributed by atoms with Gasteiger partial charge in [0.2, 0.25) is 0 Å². The van der Waals surface area contributed by atoms with Crippen LogP contribution in [0, 0.1) is 4.64 Å². The lowest BCUT2D eigenvalue weighted by atomic mass is 10.1. The van der Waals surface area contributed by atoms with Gasteiger partial charge in [0.25, 0.3) is 5.91 Å². The van der Waals surface area contributed by atoms with E-state index in [0.29, 0.717) is 10.2 Å². The van der Waals surface area contributed by atoms with Crippen molar-refractivity contribution in [3.05, 3.63) is 28.5 Å². The van der Waals surface area contributed by atoms with E-state index in [1.54, 1.807) is 18.3 Å². The molecule has 7 N–H and O–H groups in total. The van der Waals surface area contributed by atoms with Crippen LogP contribution >= 0.6 is 12.2 Å². The number of H-pyrrole nitrogens is 1. The van der Waals surface area contributed by atoms with Crippen LogP contribution < -0.4 is 5.73 Å². The van der Waals surface area contributed by atoms with Crippen molar-refractivity contribution in [1.29, 1.82) is 0 Å². The molecular weight excluding hydrogens is 288 g/mol. The summed E-state index contributed by atoms with van der Waals surface area (Å²) in [5.41, 5.74) is 5.35. The molecule has 1 unspecified atom stereocenters. The fourth-order valence-electron chi connectivity index (χ4n) is 1.50. The van der Waals surface area contributed by atoms with Crippen molar-refractivity contribution in [3.8, 4) is 0 Å². The van der Waals surface area contributed by atoms with E-state index in [2.05, 4.69) is 9.72 Å². The van der Waals surface area contributed by atoms with Gasteiger partial charge in [-0.05, 0) is 12.1 Å². The third-order valence-corrected chi connectivity index (χ3v) is 2.94. The van der Waals surface area contributed by atoms with E-state index in [1.807, 2.05) is 0 Å². The number of amides is 1. The molecule has 8 nitrogen and oxygen atoms in total. The van der Waals surface area contributed by atoms with Crippen LogP contribution in [0.5, 0.6) is 0 Å². The van der Waals surface area contributed by atoms with Crippen LogP contribution in [0.1, 0.15) is 10.4 Å². The molecule has 4 atom stereocenters. The zero-order valence-electron chi connectivity index (χ0n) is 10.3. The monoisotopic (exact) mass is 304 g/mol. The number of aromatic amines is 1. The maximum absolute atomic E-state index is 10.6. The number of pyridine rings is 1. The van der Waals surface area contributed by atoms with Crippen LogP contribution in [0.15, 0.2) is 18.3 Å². The maximum atomic E-state index is 10.6. The van der Waals surface area contributed by atoms with E-state index in [0.717, 1.165) is 0 Å². The molecule has 2 rings (SSSR count). The van der Waals surface area contributed by atoms with Gasteiger partial charge in [-0.2, -0.15) is 0 Å². The van der Waals surface area contributed by atoms with E-state index in [1.165, 1.54) is 0 Å². The molecule has 1 aromatic heterocycles. The second-order valence-electron chi connectivity index (χ2n) is 4.01. The van der Waals surface area contributed by atoms with Crippen molar-refractivity contribution in [2.24, 2.45) is 5.73 Å². The lowest BCUT2D eigenvalue weighted by molar-refractivity contribution is -0.132. The van der Waals surface area contributed by atoms with Crippen molar-refractivity contribution in [2.45, 2.75) is 24.6 Å². The summed E-state index contributed by atoms with van der Waals surface area (Å²) in [6.45, 7) is -0.407. The minimum absolute atomic E-state index is 0.359. The van der Waals surface area contributed by atoms with Crippen molar-refractivity contribution < 1.29 is 30.0 Å². The number of primary amides is 1.